The fraction of sp³-hybridized carbons (Fsp3) is 0.125. The summed E-state index contributed by atoms with van der Waals surface area (Å²) in [6, 6.07) is 21.7. The van der Waals surface area contributed by atoms with Gasteiger partial charge >= 0.3 is 0 Å². The fourth-order valence-electron chi connectivity index (χ4n) is 3.28. The van der Waals surface area contributed by atoms with Gasteiger partial charge in [-0.05, 0) is 42.0 Å². The molecular weight excluding hydrogens is 419 g/mol. The molecule has 0 spiro atoms. The quantitative estimate of drug-likeness (QED) is 0.351. The number of hydrogen-bond acceptors (Lipinski definition) is 2. The van der Waals surface area contributed by atoms with Gasteiger partial charge in [-0.2, -0.15) is 0 Å². The molecule has 0 aliphatic carbocycles. The third kappa shape index (κ3) is 4.69. The third-order valence-corrected chi connectivity index (χ3v) is 6.30. The number of para-hydroxylation sites is 1. The van der Waals surface area contributed by atoms with E-state index < -0.39 is 0 Å². The molecule has 4 rings (SSSR count). The molecule has 1 aromatic heterocycles. The molecule has 0 unspecified atom stereocenters. The molecule has 4 aromatic rings. The normalized spacial score (nSPS) is 11.0. The Morgan fingerprint density at radius 3 is 2.53 bits per heavy atom. The molecule has 0 bridgehead atoms. The molecule has 3 nitrogen and oxygen atoms in total. The molecule has 0 radical (unpaired) electrons. The van der Waals surface area contributed by atoms with Gasteiger partial charge < -0.3 is 9.88 Å². The SMILES string of the molecule is O=C(NCCn1cc(SCc2ccccc2Cl)c2ccccc21)c1ccc(F)cc1. The molecule has 0 fully saturated rings. The second-order valence-electron chi connectivity index (χ2n) is 6.85. The van der Waals surface area contributed by atoms with Crippen molar-refractivity contribution in [3.63, 3.8) is 0 Å². The van der Waals surface area contributed by atoms with E-state index in [1.165, 1.54) is 34.5 Å². The Kier molecular flexibility index (Phi) is 6.41. The summed E-state index contributed by atoms with van der Waals surface area (Å²) in [6.07, 6.45) is 2.12. The molecule has 0 saturated heterocycles. The number of amides is 1. The van der Waals surface area contributed by atoms with Gasteiger partial charge in [-0.15, -0.1) is 11.8 Å². The highest BCUT2D eigenvalue weighted by atomic mass is 35.5. The van der Waals surface area contributed by atoms with Crippen molar-refractivity contribution in [2.45, 2.75) is 17.2 Å². The number of thioether (sulfide) groups is 1. The van der Waals surface area contributed by atoms with Crippen LogP contribution in [0.25, 0.3) is 10.9 Å². The Morgan fingerprint density at radius 1 is 1.00 bits per heavy atom. The molecule has 0 saturated carbocycles. The van der Waals surface area contributed by atoms with Crippen LogP contribution in [-0.2, 0) is 12.3 Å². The number of carbonyl (C=O) groups excluding carboxylic acids is 1. The first-order valence-electron chi connectivity index (χ1n) is 9.59. The van der Waals surface area contributed by atoms with E-state index >= 15 is 0 Å². The Labute approximate surface area is 183 Å². The lowest BCUT2D eigenvalue weighted by Crippen LogP contribution is -2.27. The van der Waals surface area contributed by atoms with Gasteiger partial charge in [-0.1, -0.05) is 48.0 Å². The molecule has 0 aliphatic rings. The van der Waals surface area contributed by atoms with Crippen LogP contribution in [0.3, 0.4) is 0 Å². The highest BCUT2D eigenvalue weighted by Gasteiger charge is 2.11. The van der Waals surface area contributed by atoms with Crippen LogP contribution in [0.4, 0.5) is 4.39 Å². The van der Waals surface area contributed by atoms with Crippen LogP contribution in [0.1, 0.15) is 15.9 Å². The van der Waals surface area contributed by atoms with Gasteiger partial charge in [0, 0.05) is 51.4 Å². The second kappa shape index (κ2) is 9.37. The van der Waals surface area contributed by atoms with Crippen LogP contribution in [0.2, 0.25) is 5.02 Å². The Hall–Kier alpha value is -2.76. The average molecular weight is 439 g/mol. The lowest BCUT2D eigenvalue weighted by atomic mass is 10.2. The minimum atomic E-state index is -0.354. The summed E-state index contributed by atoms with van der Waals surface area (Å²) in [5.74, 6) is 0.224. The van der Waals surface area contributed by atoms with E-state index in [9.17, 15) is 9.18 Å². The monoisotopic (exact) mass is 438 g/mol. The summed E-state index contributed by atoms with van der Waals surface area (Å²) < 4.78 is 15.2. The molecule has 30 heavy (non-hydrogen) atoms. The van der Waals surface area contributed by atoms with E-state index in [1.807, 2.05) is 36.4 Å². The van der Waals surface area contributed by atoms with Crippen molar-refractivity contribution in [1.82, 2.24) is 9.88 Å². The number of benzene rings is 3. The molecule has 6 heteroatoms. The van der Waals surface area contributed by atoms with Crippen LogP contribution in [0.5, 0.6) is 0 Å². The molecular formula is C24H20ClFN2OS. The number of fused-ring (bicyclic) bond motifs is 1. The number of nitrogens with zero attached hydrogens (tertiary/aromatic N) is 1. The van der Waals surface area contributed by atoms with Crippen LogP contribution in [0, 0.1) is 5.82 Å². The van der Waals surface area contributed by atoms with Crippen molar-refractivity contribution in [1.29, 1.82) is 0 Å². The lowest BCUT2D eigenvalue weighted by molar-refractivity contribution is 0.0952. The van der Waals surface area contributed by atoms with Gasteiger partial charge in [0.2, 0.25) is 0 Å². The fourth-order valence-corrected chi connectivity index (χ4v) is 4.65. The second-order valence-corrected chi connectivity index (χ2v) is 8.27. The van der Waals surface area contributed by atoms with Crippen molar-refractivity contribution < 1.29 is 9.18 Å². The van der Waals surface area contributed by atoms with Crippen molar-refractivity contribution in [3.8, 4) is 0 Å². The van der Waals surface area contributed by atoms with Gasteiger partial charge in [0.05, 0.1) is 0 Å². The number of hydrogen-bond donors (Lipinski definition) is 1. The number of nitrogens with one attached hydrogen (secondary N) is 1. The van der Waals surface area contributed by atoms with Crippen LogP contribution >= 0.6 is 23.4 Å². The highest BCUT2D eigenvalue weighted by molar-refractivity contribution is 7.98. The standard InChI is InChI=1S/C24H20ClFN2OS/c25-21-7-3-1-5-18(21)16-30-23-15-28(22-8-4-2-6-20(22)23)14-13-27-24(29)17-9-11-19(26)12-10-17/h1-12,15H,13-14,16H2,(H,27,29). The van der Waals surface area contributed by atoms with Crippen molar-refractivity contribution >= 4 is 40.2 Å². The number of halogens is 2. The molecule has 1 heterocycles. The summed E-state index contributed by atoms with van der Waals surface area (Å²) >= 11 is 8.04. The van der Waals surface area contributed by atoms with Crippen LogP contribution < -0.4 is 5.32 Å². The van der Waals surface area contributed by atoms with E-state index in [0.29, 0.717) is 18.7 Å². The maximum Gasteiger partial charge on any atom is 0.251 e. The zero-order valence-electron chi connectivity index (χ0n) is 16.1. The third-order valence-electron chi connectivity index (χ3n) is 4.84. The summed E-state index contributed by atoms with van der Waals surface area (Å²) in [7, 11) is 0. The van der Waals surface area contributed by atoms with Crippen molar-refractivity contribution in [2.24, 2.45) is 0 Å². The first kappa shape index (κ1) is 20.5. The predicted octanol–water partition coefficient (Wildman–Crippen LogP) is 6.16. The van der Waals surface area contributed by atoms with Crippen molar-refractivity contribution in [3.05, 3.63) is 101 Å². The Balaban J connectivity index is 1.44. The van der Waals surface area contributed by atoms with Crippen molar-refractivity contribution in [2.75, 3.05) is 6.54 Å². The highest BCUT2D eigenvalue weighted by Crippen LogP contribution is 2.33. The maximum atomic E-state index is 13.0. The Morgan fingerprint density at radius 2 is 1.73 bits per heavy atom. The van der Waals surface area contributed by atoms with Crippen LogP contribution in [0.15, 0.2) is 83.9 Å². The van der Waals surface area contributed by atoms with Gasteiger partial charge in [-0.25, -0.2) is 4.39 Å². The molecule has 3 aromatic carbocycles. The smallest absolute Gasteiger partial charge is 0.251 e. The summed E-state index contributed by atoms with van der Waals surface area (Å²) in [5, 5.41) is 4.85. The minimum absolute atomic E-state index is 0.209. The van der Waals surface area contributed by atoms with E-state index in [4.69, 9.17) is 11.6 Å². The summed E-state index contributed by atoms with van der Waals surface area (Å²) in [4.78, 5) is 13.4. The summed E-state index contributed by atoms with van der Waals surface area (Å²) in [5.41, 5.74) is 2.67. The molecule has 0 aliphatic heterocycles. The largest absolute Gasteiger partial charge is 0.350 e. The van der Waals surface area contributed by atoms with E-state index in [-0.39, 0.29) is 11.7 Å². The first-order chi connectivity index (χ1) is 14.6. The molecule has 1 amide bonds. The van der Waals surface area contributed by atoms with Gasteiger partial charge in [0.25, 0.3) is 5.91 Å². The van der Waals surface area contributed by atoms with E-state index in [2.05, 4.69) is 28.2 Å². The average Bonchev–Trinajstić information content (AvgIpc) is 3.11. The van der Waals surface area contributed by atoms with E-state index in [1.54, 1.807) is 11.8 Å². The van der Waals surface area contributed by atoms with E-state index in [0.717, 1.165) is 21.9 Å². The zero-order valence-corrected chi connectivity index (χ0v) is 17.7. The maximum absolute atomic E-state index is 13.0. The first-order valence-corrected chi connectivity index (χ1v) is 11.0. The molecule has 152 valence electrons. The van der Waals surface area contributed by atoms with Gasteiger partial charge in [0.15, 0.2) is 0 Å². The van der Waals surface area contributed by atoms with Gasteiger partial charge in [0.1, 0.15) is 5.82 Å². The molecule has 0 atom stereocenters. The van der Waals surface area contributed by atoms with Gasteiger partial charge in [-0.3, -0.25) is 4.79 Å². The number of rotatable bonds is 7. The topological polar surface area (TPSA) is 34.0 Å². The number of aromatic nitrogens is 1. The Bertz CT molecular complexity index is 1170. The predicted molar refractivity (Wildman–Crippen MR) is 122 cm³/mol. The van der Waals surface area contributed by atoms with Crippen LogP contribution in [-0.4, -0.2) is 17.0 Å². The summed E-state index contributed by atoms with van der Waals surface area (Å²) in [6.45, 7) is 1.11. The lowest BCUT2D eigenvalue weighted by Gasteiger charge is -2.07. The minimum Gasteiger partial charge on any atom is -0.350 e. The number of carbonyl (C=O) groups is 1. The molecule has 1 N–H and O–H groups in total. The zero-order chi connectivity index (χ0) is 20.9.